The molecule has 3 rings (SSSR count). The summed E-state index contributed by atoms with van der Waals surface area (Å²) in [6.07, 6.45) is 0. The van der Waals surface area contributed by atoms with Crippen molar-refractivity contribution >= 4 is 17.7 Å². The van der Waals surface area contributed by atoms with Crippen molar-refractivity contribution in [3.8, 4) is 5.69 Å². The summed E-state index contributed by atoms with van der Waals surface area (Å²) in [5.74, 6) is 0.416. The quantitative estimate of drug-likeness (QED) is 0.784. The molecule has 0 unspecified atom stereocenters. The van der Waals surface area contributed by atoms with E-state index in [1.54, 1.807) is 4.68 Å². The lowest BCUT2D eigenvalue weighted by Gasteiger charge is -2.26. The molecule has 1 saturated heterocycles. The van der Waals surface area contributed by atoms with Crippen LogP contribution in [0.15, 0.2) is 23.4 Å². The monoisotopic (exact) mass is 333 g/mol. The average Bonchev–Trinajstić information content (AvgIpc) is 3.01. The van der Waals surface area contributed by atoms with E-state index in [-0.39, 0.29) is 5.91 Å². The summed E-state index contributed by atoms with van der Waals surface area (Å²) in [5, 5.41) is 12.5. The number of ether oxygens (including phenoxy) is 1. The number of hydrogen-bond acceptors (Lipinski definition) is 6. The van der Waals surface area contributed by atoms with E-state index in [1.807, 2.05) is 30.9 Å². The van der Waals surface area contributed by atoms with E-state index in [2.05, 4.69) is 21.6 Å². The number of carbonyl (C=O) groups is 1. The van der Waals surface area contributed by atoms with Crippen LogP contribution in [0.2, 0.25) is 0 Å². The van der Waals surface area contributed by atoms with Gasteiger partial charge in [-0.25, -0.2) is 0 Å². The Balaban J connectivity index is 1.70. The van der Waals surface area contributed by atoms with E-state index in [0.29, 0.717) is 37.2 Å². The third-order valence-electron chi connectivity index (χ3n) is 3.71. The number of thioether (sulfide) groups is 1. The highest BCUT2D eigenvalue weighted by atomic mass is 32.2. The molecule has 23 heavy (non-hydrogen) atoms. The molecule has 0 saturated carbocycles. The molecular formula is C15H19N5O2S. The smallest absolute Gasteiger partial charge is 0.233 e. The highest BCUT2D eigenvalue weighted by Crippen LogP contribution is 2.21. The van der Waals surface area contributed by atoms with E-state index in [4.69, 9.17) is 4.74 Å². The van der Waals surface area contributed by atoms with Crippen molar-refractivity contribution < 1.29 is 9.53 Å². The van der Waals surface area contributed by atoms with Crippen LogP contribution in [0.1, 0.15) is 11.1 Å². The number of aromatic nitrogens is 4. The van der Waals surface area contributed by atoms with Crippen LogP contribution in [0.3, 0.4) is 0 Å². The van der Waals surface area contributed by atoms with E-state index in [1.165, 1.54) is 17.3 Å². The number of amides is 1. The molecular weight excluding hydrogens is 314 g/mol. The summed E-state index contributed by atoms with van der Waals surface area (Å²) in [6.45, 7) is 6.60. The van der Waals surface area contributed by atoms with Crippen LogP contribution < -0.4 is 0 Å². The van der Waals surface area contributed by atoms with Gasteiger partial charge in [0.2, 0.25) is 11.1 Å². The highest BCUT2D eigenvalue weighted by molar-refractivity contribution is 7.99. The maximum atomic E-state index is 12.2. The molecule has 1 fully saturated rings. The third kappa shape index (κ3) is 3.70. The number of nitrogens with zero attached hydrogens (tertiary/aromatic N) is 5. The maximum Gasteiger partial charge on any atom is 0.233 e. The molecule has 2 heterocycles. The van der Waals surface area contributed by atoms with Gasteiger partial charge in [-0.2, -0.15) is 4.68 Å². The predicted molar refractivity (Wildman–Crippen MR) is 86.8 cm³/mol. The van der Waals surface area contributed by atoms with Gasteiger partial charge in [-0.15, -0.1) is 5.10 Å². The summed E-state index contributed by atoms with van der Waals surface area (Å²) in [6, 6.07) is 6.11. The van der Waals surface area contributed by atoms with Crippen molar-refractivity contribution in [2.45, 2.75) is 19.0 Å². The van der Waals surface area contributed by atoms with Crippen LogP contribution in [0.25, 0.3) is 5.69 Å². The number of benzene rings is 1. The van der Waals surface area contributed by atoms with Gasteiger partial charge in [0.25, 0.3) is 0 Å². The Labute approximate surface area is 139 Å². The first-order chi connectivity index (χ1) is 11.1. The Kier molecular flexibility index (Phi) is 4.92. The van der Waals surface area contributed by atoms with Crippen LogP contribution in [0.5, 0.6) is 0 Å². The van der Waals surface area contributed by atoms with Gasteiger partial charge in [0.05, 0.1) is 24.7 Å². The van der Waals surface area contributed by atoms with Crippen molar-refractivity contribution in [3.63, 3.8) is 0 Å². The van der Waals surface area contributed by atoms with Crippen molar-refractivity contribution in [1.29, 1.82) is 0 Å². The number of rotatable bonds is 4. The Bertz CT molecular complexity index is 697. The van der Waals surface area contributed by atoms with Crippen LogP contribution in [-0.2, 0) is 9.53 Å². The molecule has 1 aromatic heterocycles. The fourth-order valence-electron chi connectivity index (χ4n) is 2.49. The third-order valence-corrected chi connectivity index (χ3v) is 4.61. The lowest BCUT2D eigenvalue weighted by Crippen LogP contribution is -2.41. The average molecular weight is 333 g/mol. The minimum atomic E-state index is 0.0912. The fourth-order valence-corrected chi connectivity index (χ4v) is 3.28. The molecule has 0 radical (unpaired) electrons. The van der Waals surface area contributed by atoms with Gasteiger partial charge in [0.15, 0.2) is 0 Å². The number of hydrogen-bond donors (Lipinski definition) is 0. The lowest BCUT2D eigenvalue weighted by atomic mass is 10.1. The number of morpholine rings is 1. The molecule has 0 N–H and O–H groups in total. The van der Waals surface area contributed by atoms with Gasteiger partial charge < -0.3 is 9.64 Å². The maximum absolute atomic E-state index is 12.2. The highest BCUT2D eigenvalue weighted by Gasteiger charge is 2.19. The Morgan fingerprint density at radius 2 is 2.09 bits per heavy atom. The first-order valence-electron chi connectivity index (χ1n) is 7.49. The number of aryl methyl sites for hydroxylation is 2. The van der Waals surface area contributed by atoms with Gasteiger partial charge in [-0.3, -0.25) is 4.79 Å². The molecule has 8 heteroatoms. The Morgan fingerprint density at radius 1 is 1.30 bits per heavy atom. The summed E-state index contributed by atoms with van der Waals surface area (Å²) in [7, 11) is 0. The van der Waals surface area contributed by atoms with E-state index in [0.717, 1.165) is 11.3 Å². The van der Waals surface area contributed by atoms with Crippen molar-refractivity contribution in [2.24, 2.45) is 0 Å². The first kappa shape index (κ1) is 15.9. The number of carbonyl (C=O) groups excluding carboxylic acids is 1. The minimum absolute atomic E-state index is 0.0912. The zero-order valence-corrected chi connectivity index (χ0v) is 14.0. The molecule has 122 valence electrons. The SMILES string of the molecule is Cc1ccc(-n2nnnc2SCC(=O)N2CCOCC2)c(C)c1. The normalized spacial score (nSPS) is 15.0. The number of tetrazole rings is 1. The van der Waals surface area contributed by atoms with Gasteiger partial charge >= 0.3 is 0 Å². The van der Waals surface area contributed by atoms with Crippen molar-refractivity contribution in [3.05, 3.63) is 29.3 Å². The molecule has 1 aliphatic heterocycles. The molecule has 0 bridgehead atoms. The van der Waals surface area contributed by atoms with E-state index >= 15 is 0 Å². The van der Waals surface area contributed by atoms with Crippen molar-refractivity contribution in [2.75, 3.05) is 32.1 Å². The van der Waals surface area contributed by atoms with Gasteiger partial charge in [-0.05, 0) is 35.9 Å². The van der Waals surface area contributed by atoms with E-state index in [9.17, 15) is 4.79 Å². The standard InChI is InChI=1S/C15H19N5O2S/c1-11-3-4-13(12(2)9-11)20-15(16-17-18-20)23-10-14(21)19-5-7-22-8-6-19/h3-4,9H,5-8,10H2,1-2H3. The Morgan fingerprint density at radius 3 is 2.83 bits per heavy atom. The molecule has 1 aliphatic rings. The second kappa shape index (κ2) is 7.10. The molecule has 1 amide bonds. The zero-order chi connectivity index (χ0) is 16.2. The Hall–Kier alpha value is -1.93. The summed E-state index contributed by atoms with van der Waals surface area (Å²) < 4.78 is 6.95. The molecule has 0 aliphatic carbocycles. The molecule has 1 aromatic carbocycles. The van der Waals surface area contributed by atoms with Crippen LogP contribution in [0.4, 0.5) is 0 Å². The molecule has 0 atom stereocenters. The molecule has 2 aromatic rings. The van der Waals surface area contributed by atoms with Crippen molar-refractivity contribution in [1.82, 2.24) is 25.1 Å². The van der Waals surface area contributed by atoms with Crippen LogP contribution >= 0.6 is 11.8 Å². The topological polar surface area (TPSA) is 73.1 Å². The summed E-state index contributed by atoms with van der Waals surface area (Å²) in [4.78, 5) is 14.0. The minimum Gasteiger partial charge on any atom is -0.378 e. The first-order valence-corrected chi connectivity index (χ1v) is 8.48. The van der Waals surface area contributed by atoms with Crippen LogP contribution in [0, 0.1) is 13.8 Å². The van der Waals surface area contributed by atoms with Gasteiger partial charge in [0, 0.05) is 13.1 Å². The molecule has 7 nitrogen and oxygen atoms in total. The predicted octanol–water partition coefficient (Wildman–Crippen LogP) is 1.23. The van der Waals surface area contributed by atoms with E-state index < -0.39 is 0 Å². The summed E-state index contributed by atoms with van der Waals surface area (Å²) in [5.41, 5.74) is 3.22. The summed E-state index contributed by atoms with van der Waals surface area (Å²) >= 11 is 1.36. The second-order valence-electron chi connectivity index (χ2n) is 5.45. The van der Waals surface area contributed by atoms with Crippen LogP contribution in [-0.4, -0.2) is 63.1 Å². The van der Waals surface area contributed by atoms with Gasteiger partial charge in [0.1, 0.15) is 0 Å². The lowest BCUT2D eigenvalue weighted by molar-refractivity contribution is -0.132. The molecule has 0 spiro atoms. The van der Waals surface area contributed by atoms with Gasteiger partial charge in [-0.1, -0.05) is 29.5 Å². The zero-order valence-electron chi connectivity index (χ0n) is 13.2. The second-order valence-corrected chi connectivity index (χ2v) is 6.39. The fraction of sp³-hybridized carbons (Fsp3) is 0.467. The largest absolute Gasteiger partial charge is 0.378 e.